The van der Waals surface area contributed by atoms with Gasteiger partial charge in [0.2, 0.25) is 0 Å². The average molecular weight is 234 g/mol. The third kappa shape index (κ3) is 3.72. The van der Waals surface area contributed by atoms with Gasteiger partial charge in [-0.2, -0.15) is 0 Å². The summed E-state index contributed by atoms with van der Waals surface area (Å²) in [6, 6.07) is 8.96. The van der Waals surface area contributed by atoms with E-state index >= 15 is 0 Å². The largest absolute Gasteiger partial charge is 0.497 e. The standard InChI is InChI=1S/C14H22N2O/c1-16-9-7-13(8-10-16)15-11-12-3-5-14(17-2)6-4-12/h3-6,13,15H,7-11H2,1-2H3. The maximum Gasteiger partial charge on any atom is 0.118 e. The smallest absolute Gasteiger partial charge is 0.118 e. The molecule has 0 atom stereocenters. The Morgan fingerprint density at radius 2 is 1.88 bits per heavy atom. The highest BCUT2D eigenvalue weighted by atomic mass is 16.5. The van der Waals surface area contributed by atoms with Gasteiger partial charge in [0.25, 0.3) is 0 Å². The Bertz CT molecular complexity index is 329. The van der Waals surface area contributed by atoms with Crippen molar-refractivity contribution < 1.29 is 4.74 Å². The number of rotatable bonds is 4. The van der Waals surface area contributed by atoms with Gasteiger partial charge in [-0.15, -0.1) is 0 Å². The Labute approximate surface area is 104 Å². The third-order valence-corrected chi connectivity index (χ3v) is 3.47. The minimum atomic E-state index is 0.674. The van der Waals surface area contributed by atoms with Crippen LogP contribution in [0.25, 0.3) is 0 Å². The summed E-state index contributed by atoms with van der Waals surface area (Å²) in [5.41, 5.74) is 1.32. The van der Waals surface area contributed by atoms with Crippen molar-refractivity contribution in [3.05, 3.63) is 29.8 Å². The van der Waals surface area contributed by atoms with Crippen LogP contribution in [0, 0.1) is 0 Å². The van der Waals surface area contributed by atoms with Crippen molar-refractivity contribution in [2.24, 2.45) is 0 Å². The lowest BCUT2D eigenvalue weighted by Gasteiger charge is -2.29. The van der Waals surface area contributed by atoms with Gasteiger partial charge in [-0.3, -0.25) is 0 Å². The number of methoxy groups -OCH3 is 1. The Balaban J connectivity index is 1.77. The molecule has 0 aromatic heterocycles. The van der Waals surface area contributed by atoms with Crippen LogP contribution in [0.3, 0.4) is 0 Å². The number of nitrogens with one attached hydrogen (secondary N) is 1. The van der Waals surface area contributed by atoms with Crippen molar-refractivity contribution in [3.8, 4) is 5.75 Å². The molecule has 0 bridgehead atoms. The molecule has 0 aliphatic carbocycles. The summed E-state index contributed by atoms with van der Waals surface area (Å²) in [5.74, 6) is 0.924. The van der Waals surface area contributed by atoms with E-state index in [2.05, 4.69) is 29.4 Å². The van der Waals surface area contributed by atoms with Crippen molar-refractivity contribution in [2.75, 3.05) is 27.2 Å². The lowest BCUT2D eigenvalue weighted by atomic mass is 10.1. The average Bonchev–Trinajstić information content (AvgIpc) is 2.39. The molecule has 94 valence electrons. The van der Waals surface area contributed by atoms with E-state index in [-0.39, 0.29) is 0 Å². The van der Waals surface area contributed by atoms with Gasteiger partial charge in [0, 0.05) is 12.6 Å². The molecule has 0 unspecified atom stereocenters. The SMILES string of the molecule is COc1ccc(CNC2CCN(C)CC2)cc1. The first-order valence-corrected chi connectivity index (χ1v) is 6.33. The number of piperidine rings is 1. The highest BCUT2D eigenvalue weighted by Crippen LogP contribution is 2.13. The number of hydrogen-bond acceptors (Lipinski definition) is 3. The second-order valence-electron chi connectivity index (χ2n) is 4.81. The molecule has 0 radical (unpaired) electrons. The summed E-state index contributed by atoms with van der Waals surface area (Å²) in [6.07, 6.45) is 2.51. The molecule has 1 aromatic carbocycles. The zero-order chi connectivity index (χ0) is 12.1. The monoisotopic (exact) mass is 234 g/mol. The number of likely N-dealkylation sites (tertiary alicyclic amines) is 1. The van der Waals surface area contributed by atoms with E-state index in [9.17, 15) is 0 Å². The van der Waals surface area contributed by atoms with E-state index in [1.807, 2.05) is 12.1 Å². The summed E-state index contributed by atoms with van der Waals surface area (Å²) >= 11 is 0. The molecule has 0 amide bonds. The summed E-state index contributed by atoms with van der Waals surface area (Å²) in [5, 5.41) is 3.63. The van der Waals surface area contributed by atoms with E-state index in [0.717, 1.165) is 12.3 Å². The van der Waals surface area contributed by atoms with Gasteiger partial charge in [0.1, 0.15) is 5.75 Å². The predicted octanol–water partition coefficient (Wildman–Crippen LogP) is 1.88. The highest BCUT2D eigenvalue weighted by molar-refractivity contribution is 5.27. The topological polar surface area (TPSA) is 24.5 Å². The lowest BCUT2D eigenvalue weighted by Crippen LogP contribution is -2.40. The molecular weight excluding hydrogens is 212 g/mol. The van der Waals surface area contributed by atoms with Crippen LogP contribution in [0.15, 0.2) is 24.3 Å². The molecule has 3 nitrogen and oxygen atoms in total. The Hall–Kier alpha value is -1.06. The first kappa shape index (κ1) is 12.4. The molecule has 1 heterocycles. The van der Waals surface area contributed by atoms with E-state index in [0.29, 0.717) is 6.04 Å². The second-order valence-corrected chi connectivity index (χ2v) is 4.81. The van der Waals surface area contributed by atoms with E-state index in [1.54, 1.807) is 7.11 Å². The van der Waals surface area contributed by atoms with Crippen LogP contribution < -0.4 is 10.1 Å². The number of nitrogens with zero attached hydrogens (tertiary/aromatic N) is 1. The number of ether oxygens (including phenoxy) is 1. The Morgan fingerprint density at radius 3 is 2.47 bits per heavy atom. The van der Waals surface area contributed by atoms with Crippen molar-refractivity contribution in [1.82, 2.24) is 10.2 Å². The van der Waals surface area contributed by atoms with Crippen LogP contribution in [0.2, 0.25) is 0 Å². The fourth-order valence-corrected chi connectivity index (χ4v) is 2.22. The molecule has 1 aromatic rings. The quantitative estimate of drug-likeness (QED) is 0.861. The Kier molecular flexibility index (Phi) is 4.40. The van der Waals surface area contributed by atoms with E-state index in [1.165, 1.54) is 31.5 Å². The molecule has 3 heteroatoms. The van der Waals surface area contributed by atoms with Crippen LogP contribution >= 0.6 is 0 Å². The number of benzene rings is 1. The van der Waals surface area contributed by atoms with Gasteiger partial charge in [-0.05, 0) is 50.7 Å². The second kappa shape index (κ2) is 6.03. The van der Waals surface area contributed by atoms with E-state index in [4.69, 9.17) is 4.74 Å². The molecule has 1 N–H and O–H groups in total. The summed E-state index contributed by atoms with van der Waals surface area (Å²) in [4.78, 5) is 2.39. The minimum Gasteiger partial charge on any atom is -0.497 e. The fraction of sp³-hybridized carbons (Fsp3) is 0.571. The molecule has 0 saturated carbocycles. The van der Waals surface area contributed by atoms with Crippen LogP contribution in [0.1, 0.15) is 18.4 Å². The predicted molar refractivity (Wildman–Crippen MR) is 70.4 cm³/mol. The van der Waals surface area contributed by atoms with Crippen molar-refractivity contribution in [3.63, 3.8) is 0 Å². The van der Waals surface area contributed by atoms with Crippen LogP contribution in [-0.2, 0) is 6.54 Å². The maximum absolute atomic E-state index is 5.15. The van der Waals surface area contributed by atoms with Crippen LogP contribution in [0.5, 0.6) is 5.75 Å². The van der Waals surface area contributed by atoms with Gasteiger partial charge in [-0.25, -0.2) is 0 Å². The maximum atomic E-state index is 5.15. The molecule has 1 aliphatic heterocycles. The highest BCUT2D eigenvalue weighted by Gasteiger charge is 2.15. The number of hydrogen-bond donors (Lipinski definition) is 1. The van der Waals surface area contributed by atoms with Gasteiger partial charge >= 0.3 is 0 Å². The van der Waals surface area contributed by atoms with E-state index < -0.39 is 0 Å². The fourth-order valence-electron chi connectivity index (χ4n) is 2.22. The summed E-state index contributed by atoms with van der Waals surface area (Å²) < 4.78 is 5.15. The summed E-state index contributed by atoms with van der Waals surface area (Å²) in [7, 11) is 3.89. The molecule has 1 aliphatic rings. The van der Waals surface area contributed by atoms with Gasteiger partial charge in [0.15, 0.2) is 0 Å². The minimum absolute atomic E-state index is 0.674. The normalized spacial score (nSPS) is 18.2. The molecule has 1 saturated heterocycles. The van der Waals surface area contributed by atoms with Crippen LogP contribution in [-0.4, -0.2) is 38.2 Å². The molecule has 2 rings (SSSR count). The zero-order valence-electron chi connectivity index (χ0n) is 10.8. The lowest BCUT2D eigenvalue weighted by molar-refractivity contribution is 0.234. The zero-order valence-corrected chi connectivity index (χ0v) is 10.8. The first-order valence-electron chi connectivity index (χ1n) is 6.33. The van der Waals surface area contributed by atoms with Crippen molar-refractivity contribution in [2.45, 2.75) is 25.4 Å². The van der Waals surface area contributed by atoms with Gasteiger partial charge in [-0.1, -0.05) is 12.1 Å². The van der Waals surface area contributed by atoms with Crippen molar-refractivity contribution in [1.29, 1.82) is 0 Å². The first-order chi connectivity index (χ1) is 8.28. The van der Waals surface area contributed by atoms with Gasteiger partial charge in [0.05, 0.1) is 7.11 Å². The van der Waals surface area contributed by atoms with Crippen molar-refractivity contribution >= 4 is 0 Å². The molecule has 1 fully saturated rings. The van der Waals surface area contributed by atoms with Crippen LogP contribution in [0.4, 0.5) is 0 Å². The summed E-state index contributed by atoms with van der Waals surface area (Å²) in [6.45, 7) is 3.37. The third-order valence-electron chi connectivity index (χ3n) is 3.47. The Morgan fingerprint density at radius 1 is 1.24 bits per heavy atom. The van der Waals surface area contributed by atoms with Gasteiger partial charge < -0.3 is 15.0 Å². The molecule has 0 spiro atoms. The molecular formula is C14H22N2O. The molecule has 17 heavy (non-hydrogen) atoms.